The number of nitrogens with zero attached hydrogens (tertiary/aromatic N) is 5. The zero-order valence-corrected chi connectivity index (χ0v) is 14.8. The Bertz CT molecular complexity index is 952. The maximum Gasteiger partial charge on any atom is 0.250 e. The Hall–Kier alpha value is -3.07. The highest BCUT2D eigenvalue weighted by atomic mass is 32.1. The highest BCUT2D eigenvalue weighted by molar-refractivity contribution is 7.13. The van der Waals surface area contributed by atoms with E-state index in [-0.39, 0.29) is 30.8 Å². The van der Waals surface area contributed by atoms with E-state index in [9.17, 15) is 9.59 Å². The van der Waals surface area contributed by atoms with Crippen molar-refractivity contribution in [3.63, 3.8) is 0 Å². The van der Waals surface area contributed by atoms with Gasteiger partial charge in [-0.05, 0) is 35.7 Å². The number of carbonyl (C=O) groups excluding carboxylic acids is 2. The van der Waals surface area contributed by atoms with Crippen LogP contribution in [0.25, 0.3) is 10.7 Å². The predicted molar refractivity (Wildman–Crippen MR) is 97.8 cm³/mol. The summed E-state index contributed by atoms with van der Waals surface area (Å²) in [5, 5.41) is 17.0. The van der Waals surface area contributed by atoms with Gasteiger partial charge in [0.05, 0.1) is 16.3 Å². The topological polar surface area (TPSA) is 93.0 Å². The Morgan fingerprint density at radius 3 is 2.96 bits per heavy atom. The summed E-state index contributed by atoms with van der Waals surface area (Å²) >= 11 is 1.51. The van der Waals surface area contributed by atoms with Crippen LogP contribution in [0.3, 0.4) is 0 Å². The van der Waals surface area contributed by atoms with Crippen molar-refractivity contribution in [1.82, 2.24) is 20.2 Å². The molecule has 1 unspecified atom stereocenters. The number of thiophene rings is 1. The van der Waals surface area contributed by atoms with Gasteiger partial charge in [0, 0.05) is 12.5 Å². The van der Waals surface area contributed by atoms with Gasteiger partial charge in [0.15, 0.2) is 0 Å². The molecule has 9 heteroatoms. The van der Waals surface area contributed by atoms with E-state index < -0.39 is 0 Å². The Morgan fingerprint density at radius 1 is 1.31 bits per heavy atom. The van der Waals surface area contributed by atoms with E-state index in [4.69, 9.17) is 0 Å². The van der Waals surface area contributed by atoms with E-state index in [1.54, 1.807) is 11.0 Å². The maximum absolute atomic E-state index is 13.0. The minimum Gasteiger partial charge on any atom is -0.324 e. The summed E-state index contributed by atoms with van der Waals surface area (Å²) in [5.74, 6) is 0.185. The van der Waals surface area contributed by atoms with Gasteiger partial charge in [0.1, 0.15) is 6.54 Å². The first-order valence-corrected chi connectivity index (χ1v) is 9.02. The molecule has 0 aliphatic carbocycles. The molecule has 4 rings (SSSR count). The highest BCUT2D eigenvalue weighted by Crippen LogP contribution is 2.31. The molecule has 0 fully saturated rings. The number of carbonyl (C=O) groups is 2. The molecule has 1 aliphatic heterocycles. The molecule has 26 heavy (non-hydrogen) atoms. The molecule has 3 aromatic rings. The number of hydrogen-bond acceptors (Lipinski definition) is 6. The number of amides is 2. The molecule has 0 bridgehead atoms. The van der Waals surface area contributed by atoms with Gasteiger partial charge in [-0.15, -0.1) is 21.5 Å². The Balaban J connectivity index is 1.60. The molecule has 1 aromatic carbocycles. The maximum atomic E-state index is 13.0. The number of hydrogen-bond donors (Lipinski definition) is 1. The van der Waals surface area contributed by atoms with Gasteiger partial charge in [0.25, 0.3) is 5.91 Å². The summed E-state index contributed by atoms with van der Waals surface area (Å²) in [7, 11) is 0. The van der Waals surface area contributed by atoms with Gasteiger partial charge in [-0.2, -0.15) is 4.80 Å². The SMILES string of the molecule is CC1CC(=O)Nc2ccccc2N1C(=O)Cn1nnc(-c2cccs2)n1. The fraction of sp³-hybridized carbons (Fsp3) is 0.235. The number of rotatable bonds is 3. The van der Waals surface area contributed by atoms with Crippen LogP contribution in [0.15, 0.2) is 41.8 Å². The lowest BCUT2D eigenvalue weighted by Crippen LogP contribution is -2.41. The summed E-state index contributed by atoms with van der Waals surface area (Å²) < 4.78 is 0. The van der Waals surface area contributed by atoms with Gasteiger partial charge in [-0.25, -0.2) is 0 Å². The number of tetrazole rings is 1. The molecule has 0 saturated heterocycles. The molecule has 8 nitrogen and oxygen atoms in total. The van der Waals surface area contributed by atoms with E-state index in [0.717, 1.165) is 4.88 Å². The zero-order chi connectivity index (χ0) is 18.1. The Labute approximate surface area is 153 Å². The van der Waals surface area contributed by atoms with Gasteiger partial charge >= 0.3 is 0 Å². The van der Waals surface area contributed by atoms with Gasteiger partial charge in [-0.3, -0.25) is 9.59 Å². The molecular formula is C17H16N6O2S. The molecule has 3 heterocycles. The van der Waals surface area contributed by atoms with Crippen molar-refractivity contribution in [2.24, 2.45) is 0 Å². The molecule has 0 radical (unpaired) electrons. The third-order valence-electron chi connectivity index (χ3n) is 4.10. The minimum atomic E-state index is -0.272. The first-order valence-electron chi connectivity index (χ1n) is 8.14. The van der Waals surface area contributed by atoms with E-state index in [2.05, 4.69) is 20.7 Å². The van der Waals surface area contributed by atoms with Crippen LogP contribution in [-0.2, 0) is 16.1 Å². The number of anilines is 2. The van der Waals surface area contributed by atoms with Crippen molar-refractivity contribution in [2.75, 3.05) is 10.2 Å². The Kier molecular flexibility index (Phi) is 4.21. The van der Waals surface area contributed by atoms with Crippen molar-refractivity contribution in [3.8, 4) is 10.7 Å². The molecule has 1 aliphatic rings. The average Bonchev–Trinajstić information content (AvgIpc) is 3.25. The molecule has 0 saturated carbocycles. The molecule has 1 N–H and O–H groups in total. The number of aromatic nitrogens is 4. The van der Waals surface area contributed by atoms with Crippen LogP contribution >= 0.6 is 11.3 Å². The van der Waals surface area contributed by atoms with E-state index in [1.807, 2.05) is 42.6 Å². The molecule has 2 aromatic heterocycles. The van der Waals surface area contributed by atoms with Crippen LogP contribution in [0.4, 0.5) is 11.4 Å². The van der Waals surface area contributed by atoms with E-state index in [1.165, 1.54) is 16.1 Å². The average molecular weight is 368 g/mol. The molecular weight excluding hydrogens is 352 g/mol. The minimum absolute atomic E-state index is 0.0504. The second-order valence-corrected chi connectivity index (χ2v) is 6.95. The standard InChI is InChI=1S/C17H16N6O2S/c1-11-9-15(24)18-12-5-2-3-6-13(12)23(11)16(25)10-22-20-17(19-21-22)14-7-4-8-26-14/h2-8,11H,9-10H2,1H3,(H,18,24). The monoisotopic (exact) mass is 368 g/mol. The van der Waals surface area contributed by atoms with Crippen LogP contribution in [0.5, 0.6) is 0 Å². The molecule has 2 amide bonds. The third kappa shape index (κ3) is 3.08. The van der Waals surface area contributed by atoms with Crippen LogP contribution in [0, 0.1) is 0 Å². The first-order chi connectivity index (χ1) is 12.6. The summed E-state index contributed by atoms with van der Waals surface area (Å²) in [6.07, 6.45) is 0.228. The lowest BCUT2D eigenvalue weighted by Gasteiger charge is -2.27. The largest absolute Gasteiger partial charge is 0.324 e. The number of para-hydroxylation sites is 2. The number of nitrogens with one attached hydrogen (secondary N) is 1. The number of benzene rings is 1. The van der Waals surface area contributed by atoms with Crippen molar-refractivity contribution in [2.45, 2.75) is 25.9 Å². The van der Waals surface area contributed by atoms with Crippen LogP contribution in [0.2, 0.25) is 0 Å². The second kappa shape index (κ2) is 6.68. The summed E-state index contributed by atoms with van der Waals surface area (Å²) in [6, 6.07) is 10.8. The third-order valence-corrected chi connectivity index (χ3v) is 4.96. The quantitative estimate of drug-likeness (QED) is 0.765. The lowest BCUT2D eigenvalue weighted by molar-refractivity contribution is -0.120. The summed E-state index contributed by atoms with van der Waals surface area (Å²) in [4.78, 5) is 28.8. The van der Waals surface area contributed by atoms with E-state index in [0.29, 0.717) is 17.2 Å². The highest BCUT2D eigenvalue weighted by Gasteiger charge is 2.30. The predicted octanol–water partition coefficient (Wildman–Crippen LogP) is 2.17. The van der Waals surface area contributed by atoms with Crippen molar-refractivity contribution in [1.29, 1.82) is 0 Å². The normalized spacial score (nSPS) is 16.7. The first kappa shape index (κ1) is 16.4. The van der Waals surface area contributed by atoms with E-state index >= 15 is 0 Å². The van der Waals surface area contributed by atoms with Crippen molar-refractivity contribution >= 4 is 34.5 Å². The van der Waals surface area contributed by atoms with Crippen LogP contribution < -0.4 is 10.2 Å². The summed E-state index contributed by atoms with van der Waals surface area (Å²) in [6.45, 7) is 1.80. The van der Waals surface area contributed by atoms with Crippen molar-refractivity contribution < 1.29 is 9.59 Å². The second-order valence-electron chi connectivity index (χ2n) is 6.00. The zero-order valence-electron chi connectivity index (χ0n) is 14.0. The fourth-order valence-corrected chi connectivity index (χ4v) is 3.63. The smallest absolute Gasteiger partial charge is 0.250 e. The molecule has 1 atom stereocenters. The fourth-order valence-electron chi connectivity index (χ4n) is 2.98. The molecule has 0 spiro atoms. The Morgan fingerprint density at radius 2 is 2.15 bits per heavy atom. The van der Waals surface area contributed by atoms with Crippen LogP contribution in [0.1, 0.15) is 13.3 Å². The van der Waals surface area contributed by atoms with Gasteiger partial charge < -0.3 is 10.2 Å². The van der Waals surface area contributed by atoms with Crippen molar-refractivity contribution in [3.05, 3.63) is 41.8 Å². The van der Waals surface area contributed by atoms with Gasteiger partial charge in [0.2, 0.25) is 11.7 Å². The molecule has 132 valence electrons. The van der Waals surface area contributed by atoms with Crippen LogP contribution in [-0.4, -0.2) is 38.1 Å². The lowest BCUT2D eigenvalue weighted by atomic mass is 10.1. The van der Waals surface area contributed by atoms with Gasteiger partial charge in [-0.1, -0.05) is 18.2 Å². The number of fused-ring (bicyclic) bond motifs is 1. The summed E-state index contributed by atoms with van der Waals surface area (Å²) in [5.41, 5.74) is 1.30.